The molecule has 0 aliphatic rings. The van der Waals surface area contributed by atoms with Crippen LogP contribution < -0.4 is 0 Å². The van der Waals surface area contributed by atoms with Gasteiger partial charge >= 0.3 is 0 Å². The van der Waals surface area contributed by atoms with Crippen molar-refractivity contribution in [3.8, 4) is 0 Å². The van der Waals surface area contributed by atoms with Gasteiger partial charge in [0.25, 0.3) is 0 Å². The summed E-state index contributed by atoms with van der Waals surface area (Å²) in [4.78, 5) is 14.7. The number of carbonyl (C=O) groups excluding carboxylic acids is 1. The highest BCUT2D eigenvalue weighted by atomic mass is 35.5. The molecule has 0 atom stereocenters. The number of hydrogen-bond donors (Lipinski definition) is 0. The molecule has 0 aromatic heterocycles. The summed E-state index contributed by atoms with van der Waals surface area (Å²) in [5.41, 5.74) is 0.484. The molecule has 1 aromatic carbocycles. The van der Waals surface area contributed by atoms with E-state index in [0.717, 1.165) is 19.4 Å². The van der Waals surface area contributed by atoms with Crippen molar-refractivity contribution in [3.63, 3.8) is 0 Å². The molecule has 0 bridgehead atoms. The third kappa shape index (κ3) is 5.59. The maximum atomic E-state index is 12.5. The second-order valence-electron chi connectivity index (χ2n) is 4.98. The lowest BCUT2D eigenvalue weighted by Gasteiger charge is -2.29. The fraction of sp³-hybridized carbons (Fsp3) is 0.562. The van der Waals surface area contributed by atoms with E-state index in [2.05, 4.69) is 18.7 Å². The van der Waals surface area contributed by atoms with Crippen molar-refractivity contribution >= 4 is 29.0 Å². The first kappa shape index (κ1) is 18.4. The summed E-state index contributed by atoms with van der Waals surface area (Å²) < 4.78 is 5.14. The highest BCUT2D eigenvalue weighted by Gasteiger charge is 2.20. The molecule has 21 heavy (non-hydrogen) atoms. The predicted molar refractivity (Wildman–Crippen MR) is 88.6 cm³/mol. The van der Waals surface area contributed by atoms with Gasteiger partial charge in [0.2, 0.25) is 0 Å². The van der Waals surface area contributed by atoms with Gasteiger partial charge in [0.05, 0.1) is 18.2 Å². The van der Waals surface area contributed by atoms with Crippen molar-refractivity contribution in [1.29, 1.82) is 0 Å². The maximum absolute atomic E-state index is 12.5. The molecule has 0 saturated carbocycles. The summed E-state index contributed by atoms with van der Waals surface area (Å²) in [7, 11) is 1.67. The number of benzene rings is 1. The molecule has 0 unspecified atom stereocenters. The number of halogens is 2. The second kappa shape index (κ2) is 9.42. The van der Waals surface area contributed by atoms with E-state index in [4.69, 9.17) is 27.9 Å². The molecule has 0 amide bonds. The molecular weight excluding hydrogens is 309 g/mol. The van der Waals surface area contributed by atoms with Crippen LogP contribution in [-0.2, 0) is 4.74 Å². The molecule has 5 heteroatoms. The van der Waals surface area contributed by atoms with E-state index in [-0.39, 0.29) is 5.78 Å². The lowest BCUT2D eigenvalue weighted by molar-refractivity contribution is 0.0811. The van der Waals surface area contributed by atoms with E-state index >= 15 is 0 Å². The van der Waals surface area contributed by atoms with Gasteiger partial charge in [0.15, 0.2) is 5.78 Å². The van der Waals surface area contributed by atoms with Crippen LogP contribution in [0.1, 0.15) is 37.0 Å². The normalized spacial score (nSPS) is 11.4. The highest BCUT2D eigenvalue weighted by Crippen LogP contribution is 2.22. The predicted octanol–water partition coefficient (Wildman–Crippen LogP) is 4.31. The number of rotatable bonds is 9. The number of hydrogen-bond acceptors (Lipinski definition) is 3. The fourth-order valence-electron chi connectivity index (χ4n) is 2.39. The van der Waals surface area contributed by atoms with Crippen LogP contribution in [0.4, 0.5) is 0 Å². The SMILES string of the molecule is CCC(CC)N(CCOC)CC(=O)c1cc(Cl)ccc1Cl. The molecule has 0 spiro atoms. The fourth-order valence-corrected chi connectivity index (χ4v) is 2.78. The Kier molecular flexibility index (Phi) is 8.27. The van der Waals surface area contributed by atoms with Crippen LogP contribution in [0.25, 0.3) is 0 Å². The molecule has 1 aromatic rings. The number of ether oxygens (including phenoxy) is 1. The van der Waals surface area contributed by atoms with Gasteiger partial charge in [0, 0.05) is 30.3 Å². The average molecular weight is 332 g/mol. The topological polar surface area (TPSA) is 29.5 Å². The Morgan fingerprint density at radius 2 is 1.95 bits per heavy atom. The van der Waals surface area contributed by atoms with Crippen molar-refractivity contribution in [1.82, 2.24) is 4.90 Å². The van der Waals surface area contributed by atoms with Crippen molar-refractivity contribution in [2.24, 2.45) is 0 Å². The first-order chi connectivity index (χ1) is 10.0. The molecule has 118 valence electrons. The van der Waals surface area contributed by atoms with Crippen LogP contribution >= 0.6 is 23.2 Å². The molecule has 1 rings (SSSR count). The Labute approximate surface area is 137 Å². The van der Waals surface area contributed by atoms with Crippen molar-refractivity contribution in [2.75, 3.05) is 26.8 Å². The first-order valence-corrected chi connectivity index (χ1v) is 8.00. The third-order valence-electron chi connectivity index (χ3n) is 3.62. The summed E-state index contributed by atoms with van der Waals surface area (Å²) in [6.07, 6.45) is 1.99. The minimum absolute atomic E-state index is 0.00879. The summed E-state index contributed by atoms with van der Waals surface area (Å²) in [5, 5.41) is 0.967. The zero-order chi connectivity index (χ0) is 15.8. The number of carbonyl (C=O) groups is 1. The van der Waals surface area contributed by atoms with E-state index < -0.39 is 0 Å². The Morgan fingerprint density at radius 3 is 2.52 bits per heavy atom. The van der Waals surface area contributed by atoms with E-state index in [1.807, 2.05) is 0 Å². The standard InChI is InChI=1S/C16H23Cl2NO2/c1-4-13(5-2)19(8-9-21-3)11-16(20)14-10-12(17)6-7-15(14)18/h6-7,10,13H,4-5,8-9,11H2,1-3H3. The maximum Gasteiger partial charge on any atom is 0.178 e. The molecule has 3 nitrogen and oxygen atoms in total. The molecule has 0 fully saturated rings. The minimum Gasteiger partial charge on any atom is -0.383 e. The van der Waals surface area contributed by atoms with Crippen LogP contribution in [0.2, 0.25) is 10.0 Å². The molecule has 0 heterocycles. The van der Waals surface area contributed by atoms with E-state index in [9.17, 15) is 4.79 Å². The van der Waals surface area contributed by atoms with Crippen LogP contribution in [-0.4, -0.2) is 43.5 Å². The molecule has 0 aliphatic carbocycles. The number of Topliss-reactive ketones (excluding diaryl/α,β-unsaturated/α-hetero) is 1. The summed E-state index contributed by atoms with van der Waals surface area (Å²) >= 11 is 12.1. The van der Waals surface area contributed by atoms with Crippen LogP contribution in [0.15, 0.2) is 18.2 Å². The summed E-state index contributed by atoms with van der Waals surface area (Å²) in [5.74, 6) is -0.00879. The minimum atomic E-state index is -0.00879. The summed E-state index contributed by atoms with van der Waals surface area (Å²) in [6, 6.07) is 5.34. The van der Waals surface area contributed by atoms with Gasteiger partial charge in [-0.3, -0.25) is 9.69 Å². The Bertz CT molecular complexity index is 462. The van der Waals surface area contributed by atoms with Gasteiger partial charge in [-0.1, -0.05) is 37.0 Å². The summed E-state index contributed by atoms with van der Waals surface area (Å²) in [6.45, 7) is 5.92. The van der Waals surface area contributed by atoms with E-state index in [0.29, 0.717) is 34.8 Å². The lowest BCUT2D eigenvalue weighted by Crippen LogP contribution is -2.40. The van der Waals surface area contributed by atoms with Crippen LogP contribution in [0.3, 0.4) is 0 Å². The molecule has 0 aliphatic heterocycles. The van der Waals surface area contributed by atoms with Crippen LogP contribution in [0.5, 0.6) is 0 Å². The van der Waals surface area contributed by atoms with Crippen LogP contribution in [0, 0.1) is 0 Å². The third-order valence-corrected chi connectivity index (χ3v) is 4.18. The molecule has 0 radical (unpaired) electrons. The largest absolute Gasteiger partial charge is 0.383 e. The van der Waals surface area contributed by atoms with Gasteiger partial charge in [-0.05, 0) is 31.0 Å². The quantitative estimate of drug-likeness (QED) is 0.631. The Hall–Kier alpha value is -0.610. The smallest absolute Gasteiger partial charge is 0.178 e. The first-order valence-electron chi connectivity index (χ1n) is 7.24. The number of methoxy groups -OCH3 is 1. The van der Waals surface area contributed by atoms with Gasteiger partial charge in [0.1, 0.15) is 0 Å². The van der Waals surface area contributed by atoms with E-state index in [1.165, 1.54) is 0 Å². The zero-order valence-corrected chi connectivity index (χ0v) is 14.4. The monoisotopic (exact) mass is 331 g/mol. The number of nitrogens with zero attached hydrogens (tertiary/aromatic N) is 1. The van der Waals surface area contributed by atoms with Crippen molar-refractivity contribution < 1.29 is 9.53 Å². The van der Waals surface area contributed by atoms with Gasteiger partial charge in [-0.25, -0.2) is 0 Å². The van der Waals surface area contributed by atoms with Gasteiger partial charge < -0.3 is 4.74 Å². The lowest BCUT2D eigenvalue weighted by atomic mass is 10.1. The highest BCUT2D eigenvalue weighted by molar-refractivity contribution is 6.36. The second-order valence-corrected chi connectivity index (χ2v) is 5.82. The molecular formula is C16H23Cl2NO2. The van der Waals surface area contributed by atoms with Gasteiger partial charge in [-0.15, -0.1) is 0 Å². The Balaban J connectivity index is 2.86. The average Bonchev–Trinajstić information content (AvgIpc) is 2.48. The molecule has 0 saturated heterocycles. The molecule has 0 N–H and O–H groups in total. The van der Waals surface area contributed by atoms with Gasteiger partial charge in [-0.2, -0.15) is 0 Å². The number of ketones is 1. The Morgan fingerprint density at radius 1 is 1.29 bits per heavy atom. The zero-order valence-electron chi connectivity index (χ0n) is 12.9. The van der Waals surface area contributed by atoms with Crippen molar-refractivity contribution in [2.45, 2.75) is 32.7 Å². The van der Waals surface area contributed by atoms with Crippen molar-refractivity contribution in [3.05, 3.63) is 33.8 Å². The van der Waals surface area contributed by atoms with E-state index in [1.54, 1.807) is 25.3 Å².